The van der Waals surface area contributed by atoms with Gasteiger partial charge in [0, 0.05) is 0 Å². The molecular formula is C50H36O2. The summed E-state index contributed by atoms with van der Waals surface area (Å²) >= 11 is 0. The van der Waals surface area contributed by atoms with Gasteiger partial charge in [0.2, 0.25) is 0 Å². The Morgan fingerprint density at radius 3 is 1.10 bits per heavy atom. The van der Waals surface area contributed by atoms with Crippen molar-refractivity contribution < 1.29 is 10.2 Å². The average molecular weight is 669 g/mol. The molecule has 52 heavy (non-hydrogen) atoms. The second-order valence-electron chi connectivity index (χ2n) is 13.3. The zero-order chi connectivity index (χ0) is 35.0. The first-order valence-electron chi connectivity index (χ1n) is 17.8. The van der Waals surface area contributed by atoms with Crippen LogP contribution in [0.1, 0.15) is 34.5 Å². The van der Waals surface area contributed by atoms with E-state index in [4.69, 9.17) is 0 Å². The molecule has 0 spiro atoms. The van der Waals surface area contributed by atoms with E-state index in [1.165, 1.54) is 0 Å². The summed E-state index contributed by atoms with van der Waals surface area (Å²) in [5.74, 6) is 0. The molecule has 248 valence electrons. The van der Waals surface area contributed by atoms with Crippen LogP contribution in [0.5, 0.6) is 0 Å². The van der Waals surface area contributed by atoms with Gasteiger partial charge < -0.3 is 10.2 Å². The molecule has 9 rings (SSSR count). The second kappa shape index (κ2) is 13.4. The molecule has 2 heteroatoms. The predicted molar refractivity (Wildman–Crippen MR) is 214 cm³/mol. The molecule has 0 aliphatic heterocycles. The van der Waals surface area contributed by atoms with E-state index in [1.54, 1.807) is 0 Å². The summed E-state index contributed by atoms with van der Waals surface area (Å²) in [6, 6.07) is 67.0. The highest BCUT2D eigenvalue weighted by molar-refractivity contribution is 6.01. The van der Waals surface area contributed by atoms with Gasteiger partial charge in [-0.15, -0.1) is 0 Å². The zero-order valence-corrected chi connectivity index (χ0v) is 28.5. The molecule has 2 atom stereocenters. The Labute approximate surface area is 304 Å². The quantitative estimate of drug-likeness (QED) is 0.185. The van der Waals surface area contributed by atoms with Crippen LogP contribution in [0.15, 0.2) is 194 Å². The van der Waals surface area contributed by atoms with Crippen LogP contribution in [0.4, 0.5) is 0 Å². The first-order valence-corrected chi connectivity index (χ1v) is 17.8. The smallest absolute Gasteiger partial charge is 0.105 e. The minimum atomic E-state index is -0.939. The van der Waals surface area contributed by atoms with E-state index in [0.29, 0.717) is 0 Å². The molecular weight excluding hydrogens is 633 g/mol. The SMILES string of the molecule is OC1c2ccccc2C(O)c2c1ccc(-c1ccccc1-c1ccccc1-c1ccccc1)c2-c1ccccc1-c1ccccc1-c1ccccc1. The fourth-order valence-electron chi connectivity index (χ4n) is 8.08. The lowest BCUT2D eigenvalue weighted by Gasteiger charge is -2.33. The molecule has 0 bridgehead atoms. The maximum Gasteiger partial charge on any atom is 0.105 e. The van der Waals surface area contributed by atoms with E-state index >= 15 is 0 Å². The number of hydrogen-bond donors (Lipinski definition) is 2. The average Bonchev–Trinajstić information content (AvgIpc) is 3.23. The van der Waals surface area contributed by atoms with Crippen LogP contribution >= 0.6 is 0 Å². The third-order valence-electron chi connectivity index (χ3n) is 10.5. The fourth-order valence-corrected chi connectivity index (χ4v) is 8.08. The summed E-state index contributed by atoms with van der Waals surface area (Å²) in [7, 11) is 0. The van der Waals surface area contributed by atoms with Gasteiger partial charge in [-0.25, -0.2) is 0 Å². The Hall–Kier alpha value is -6.32. The van der Waals surface area contributed by atoms with Crippen LogP contribution in [-0.2, 0) is 0 Å². The van der Waals surface area contributed by atoms with Gasteiger partial charge in [0.05, 0.1) is 0 Å². The summed E-state index contributed by atoms with van der Waals surface area (Å²) < 4.78 is 0. The van der Waals surface area contributed by atoms with Crippen LogP contribution in [0.25, 0.3) is 66.8 Å². The van der Waals surface area contributed by atoms with Crippen LogP contribution < -0.4 is 0 Å². The first-order chi connectivity index (χ1) is 25.7. The maximum atomic E-state index is 12.4. The number of fused-ring (bicyclic) bond motifs is 2. The highest BCUT2D eigenvalue weighted by Crippen LogP contribution is 2.52. The summed E-state index contributed by atoms with van der Waals surface area (Å²) in [6.45, 7) is 0. The van der Waals surface area contributed by atoms with Crippen LogP contribution in [0.3, 0.4) is 0 Å². The van der Waals surface area contributed by atoms with Crippen molar-refractivity contribution in [3.63, 3.8) is 0 Å². The molecule has 1 aliphatic rings. The van der Waals surface area contributed by atoms with Gasteiger partial charge >= 0.3 is 0 Å². The maximum absolute atomic E-state index is 12.4. The summed E-state index contributed by atoms with van der Waals surface area (Å²) in [4.78, 5) is 0. The van der Waals surface area contributed by atoms with Crippen molar-refractivity contribution >= 4 is 0 Å². The largest absolute Gasteiger partial charge is 0.384 e. The van der Waals surface area contributed by atoms with E-state index in [0.717, 1.165) is 89.0 Å². The molecule has 8 aromatic rings. The number of hydrogen-bond acceptors (Lipinski definition) is 2. The van der Waals surface area contributed by atoms with Crippen LogP contribution in [-0.4, -0.2) is 10.2 Å². The Bertz CT molecular complexity index is 2550. The number of aliphatic hydroxyl groups excluding tert-OH is 2. The number of benzene rings is 8. The molecule has 0 aromatic heterocycles. The Morgan fingerprint density at radius 1 is 0.250 bits per heavy atom. The number of rotatable bonds is 6. The lowest BCUT2D eigenvalue weighted by molar-refractivity contribution is 0.174. The molecule has 2 N–H and O–H groups in total. The highest BCUT2D eigenvalue weighted by atomic mass is 16.3. The van der Waals surface area contributed by atoms with Gasteiger partial charge in [0.25, 0.3) is 0 Å². The van der Waals surface area contributed by atoms with E-state index in [9.17, 15) is 10.2 Å². The van der Waals surface area contributed by atoms with Gasteiger partial charge in [0.15, 0.2) is 0 Å². The molecule has 2 nitrogen and oxygen atoms in total. The molecule has 2 unspecified atom stereocenters. The highest BCUT2D eigenvalue weighted by Gasteiger charge is 2.34. The predicted octanol–water partition coefficient (Wildman–Crippen LogP) is 12.2. The van der Waals surface area contributed by atoms with Crippen molar-refractivity contribution in [3.05, 3.63) is 216 Å². The fraction of sp³-hybridized carbons (Fsp3) is 0.0400. The summed E-state index contributed by atoms with van der Waals surface area (Å²) in [5, 5.41) is 24.3. The van der Waals surface area contributed by atoms with Crippen molar-refractivity contribution in [1.29, 1.82) is 0 Å². The molecule has 0 fully saturated rings. The van der Waals surface area contributed by atoms with Crippen molar-refractivity contribution in [2.75, 3.05) is 0 Å². The van der Waals surface area contributed by atoms with Crippen LogP contribution in [0, 0.1) is 0 Å². The summed E-state index contributed by atoms with van der Waals surface area (Å²) in [6.07, 6.45) is -1.81. The first kappa shape index (κ1) is 31.6. The minimum absolute atomic E-state index is 0.721. The van der Waals surface area contributed by atoms with Gasteiger partial charge in [-0.2, -0.15) is 0 Å². The van der Waals surface area contributed by atoms with Crippen molar-refractivity contribution in [1.82, 2.24) is 0 Å². The normalized spacial score (nSPS) is 14.7. The lowest BCUT2D eigenvalue weighted by Crippen LogP contribution is -2.19. The van der Waals surface area contributed by atoms with E-state index in [1.807, 2.05) is 42.5 Å². The lowest BCUT2D eigenvalue weighted by atomic mass is 9.74. The minimum Gasteiger partial charge on any atom is -0.384 e. The Morgan fingerprint density at radius 2 is 0.596 bits per heavy atom. The topological polar surface area (TPSA) is 40.5 Å². The molecule has 0 saturated heterocycles. The van der Waals surface area contributed by atoms with E-state index < -0.39 is 12.2 Å². The molecule has 8 aromatic carbocycles. The van der Waals surface area contributed by atoms with Crippen molar-refractivity contribution in [2.24, 2.45) is 0 Å². The zero-order valence-electron chi connectivity index (χ0n) is 28.5. The second-order valence-corrected chi connectivity index (χ2v) is 13.3. The molecule has 1 aliphatic carbocycles. The monoisotopic (exact) mass is 668 g/mol. The standard InChI is InChI=1S/C50H36O2/c51-49-44-29-15-16-30-45(44)50(52)48-46(49)32-31-43(41-27-12-11-25-39(41)37-23-9-7-21-35(37)33-17-3-1-4-18-33)47(48)42-28-14-13-26-40(42)38-24-10-8-22-36(38)34-19-5-2-6-20-34/h1-32,49-52H. The van der Waals surface area contributed by atoms with Gasteiger partial charge in [-0.3, -0.25) is 0 Å². The summed E-state index contributed by atoms with van der Waals surface area (Å²) in [5.41, 5.74) is 15.8. The van der Waals surface area contributed by atoms with Crippen molar-refractivity contribution in [2.45, 2.75) is 12.2 Å². The third-order valence-corrected chi connectivity index (χ3v) is 10.5. The van der Waals surface area contributed by atoms with E-state index in [2.05, 4.69) is 152 Å². The molecule has 0 radical (unpaired) electrons. The van der Waals surface area contributed by atoms with Gasteiger partial charge in [-0.1, -0.05) is 194 Å². The molecule has 0 heterocycles. The Kier molecular flexibility index (Phi) is 8.17. The van der Waals surface area contributed by atoms with Gasteiger partial charge in [0.1, 0.15) is 12.2 Å². The third kappa shape index (κ3) is 5.37. The molecule has 0 amide bonds. The van der Waals surface area contributed by atoms with Crippen LogP contribution in [0.2, 0.25) is 0 Å². The Balaban J connectivity index is 1.35. The number of aliphatic hydroxyl groups is 2. The van der Waals surface area contributed by atoms with E-state index in [-0.39, 0.29) is 0 Å². The van der Waals surface area contributed by atoms with Crippen molar-refractivity contribution in [3.8, 4) is 66.8 Å². The molecule has 0 saturated carbocycles. The van der Waals surface area contributed by atoms with Gasteiger partial charge in [-0.05, 0) is 89.0 Å².